The van der Waals surface area contributed by atoms with Gasteiger partial charge in [0, 0.05) is 0 Å². The van der Waals surface area contributed by atoms with Crippen molar-refractivity contribution in [2.45, 2.75) is 12.6 Å². The van der Waals surface area contributed by atoms with Gasteiger partial charge in [0.15, 0.2) is 0 Å². The molecule has 28 heavy (non-hydrogen) atoms. The lowest BCUT2D eigenvalue weighted by molar-refractivity contribution is -0.138. The van der Waals surface area contributed by atoms with Crippen molar-refractivity contribution < 1.29 is 32.5 Å². The second kappa shape index (κ2) is 7.98. The van der Waals surface area contributed by atoms with E-state index < -0.39 is 17.7 Å². The first-order valence-corrected chi connectivity index (χ1v) is 8.53. The second-order valence-corrected chi connectivity index (χ2v) is 6.32. The largest absolute Gasteiger partial charge is 0.493 e. The van der Waals surface area contributed by atoms with E-state index in [4.69, 9.17) is 26.2 Å². The summed E-state index contributed by atoms with van der Waals surface area (Å²) in [6.07, 6.45) is -4.60. The third-order valence-electron chi connectivity index (χ3n) is 3.85. The predicted molar refractivity (Wildman–Crippen MR) is 98.2 cm³/mol. The number of halogens is 4. The number of rotatable bonds is 6. The molecular weight excluding hydrogens is 397 g/mol. The summed E-state index contributed by atoms with van der Waals surface area (Å²) >= 11 is 5.92. The van der Waals surface area contributed by atoms with Crippen LogP contribution < -0.4 is 9.47 Å². The number of hydrogen-bond donors (Lipinski definition) is 1. The molecule has 3 rings (SSSR count). The molecule has 0 atom stereocenters. The number of fused-ring (bicyclic) bond motifs is 1. The van der Waals surface area contributed by atoms with Crippen molar-refractivity contribution >= 4 is 28.3 Å². The lowest BCUT2D eigenvalue weighted by Crippen LogP contribution is -2.04. The molecule has 0 radical (unpaired) electrons. The number of ether oxygens (including phenoxy) is 2. The Balaban J connectivity index is 1.80. The highest BCUT2D eigenvalue weighted by Crippen LogP contribution is 2.37. The van der Waals surface area contributed by atoms with Crippen LogP contribution in [-0.4, -0.2) is 17.7 Å². The third-order valence-corrected chi connectivity index (χ3v) is 4.15. The van der Waals surface area contributed by atoms with Crippen LogP contribution in [0.25, 0.3) is 10.8 Å². The topological polar surface area (TPSA) is 55.8 Å². The number of aliphatic carboxylic acids is 1. The summed E-state index contributed by atoms with van der Waals surface area (Å²) in [6, 6.07) is 13.3. The molecule has 0 fully saturated rings. The van der Waals surface area contributed by atoms with Crippen LogP contribution in [-0.2, 0) is 11.0 Å². The zero-order valence-corrected chi connectivity index (χ0v) is 15.1. The molecule has 0 spiro atoms. The second-order valence-electron chi connectivity index (χ2n) is 5.91. The minimum Gasteiger partial charge on any atom is -0.493 e. The van der Waals surface area contributed by atoms with Crippen molar-refractivity contribution in [2.75, 3.05) is 6.61 Å². The quantitative estimate of drug-likeness (QED) is 0.529. The highest BCUT2D eigenvalue weighted by molar-refractivity contribution is 6.32. The smallest absolute Gasteiger partial charge is 0.416 e. The Bertz CT molecular complexity index is 1020. The zero-order chi connectivity index (χ0) is 20.3. The van der Waals surface area contributed by atoms with Crippen LogP contribution in [0.4, 0.5) is 13.2 Å². The number of benzene rings is 3. The lowest BCUT2D eigenvalue weighted by Gasteiger charge is -2.12. The molecule has 0 saturated heterocycles. The van der Waals surface area contributed by atoms with Crippen molar-refractivity contribution in [3.05, 3.63) is 65.2 Å². The summed E-state index contributed by atoms with van der Waals surface area (Å²) < 4.78 is 49.2. The summed E-state index contributed by atoms with van der Waals surface area (Å²) in [5.74, 6) is 0.0306. The van der Waals surface area contributed by atoms with Crippen LogP contribution in [0.1, 0.15) is 12.0 Å². The van der Waals surface area contributed by atoms with Crippen LogP contribution in [0.5, 0.6) is 17.2 Å². The minimum absolute atomic E-state index is 0.0399. The first-order chi connectivity index (χ1) is 13.2. The van der Waals surface area contributed by atoms with Gasteiger partial charge in [0.05, 0.1) is 23.6 Å². The van der Waals surface area contributed by atoms with Gasteiger partial charge in [-0.2, -0.15) is 13.2 Å². The van der Waals surface area contributed by atoms with Gasteiger partial charge in [-0.3, -0.25) is 4.79 Å². The SMILES string of the molecule is O=C(O)CCOc1ccc2ccc(Oc3ccc(C(F)(F)F)cc3Cl)cc2c1. The van der Waals surface area contributed by atoms with E-state index in [2.05, 4.69) is 0 Å². The maximum absolute atomic E-state index is 12.7. The van der Waals surface area contributed by atoms with E-state index >= 15 is 0 Å². The fraction of sp³-hybridized carbons (Fsp3) is 0.150. The van der Waals surface area contributed by atoms with Gasteiger partial charge >= 0.3 is 12.1 Å². The van der Waals surface area contributed by atoms with Gasteiger partial charge < -0.3 is 14.6 Å². The molecule has 1 N–H and O–H groups in total. The van der Waals surface area contributed by atoms with E-state index in [0.717, 1.165) is 22.9 Å². The Morgan fingerprint density at radius 3 is 2.29 bits per heavy atom. The summed E-state index contributed by atoms with van der Waals surface area (Å²) in [4.78, 5) is 10.6. The number of hydrogen-bond acceptors (Lipinski definition) is 3. The highest BCUT2D eigenvalue weighted by Gasteiger charge is 2.31. The molecule has 0 bridgehead atoms. The maximum Gasteiger partial charge on any atom is 0.416 e. The molecule has 3 aromatic carbocycles. The summed E-state index contributed by atoms with van der Waals surface area (Å²) in [5, 5.41) is 10.1. The standard InChI is InChI=1S/C20H14ClF3O4/c21-17-11-14(20(22,23)24)3-6-18(17)28-16-5-2-12-1-4-15(9-13(12)10-16)27-8-7-19(25)26/h1-6,9-11H,7-8H2,(H,25,26). The molecule has 0 aromatic heterocycles. The first-order valence-electron chi connectivity index (χ1n) is 8.15. The Morgan fingerprint density at radius 2 is 1.64 bits per heavy atom. The monoisotopic (exact) mass is 410 g/mol. The zero-order valence-electron chi connectivity index (χ0n) is 14.3. The van der Waals surface area contributed by atoms with Gasteiger partial charge in [-0.15, -0.1) is 0 Å². The van der Waals surface area contributed by atoms with Gasteiger partial charge in [-0.1, -0.05) is 23.7 Å². The Labute approximate surface area is 163 Å². The Kier molecular flexibility index (Phi) is 5.65. The number of carboxylic acid groups (broad SMARTS) is 1. The Morgan fingerprint density at radius 1 is 0.964 bits per heavy atom. The average molecular weight is 411 g/mol. The van der Waals surface area contributed by atoms with Crippen molar-refractivity contribution in [1.82, 2.24) is 0 Å². The van der Waals surface area contributed by atoms with E-state index in [1.54, 1.807) is 36.4 Å². The highest BCUT2D eigenvalue weighted by atomic mass is 35.5. The molecule has 0 heterocycles. The fourth-order valence-electron chi connectivity index (χ4n) is 2.50. The first kappa shape index (κ1) is 19.8. The van der Waals surface area contributed by atoms with Crippen molar-refractivity contribution in [3.8, 4) is 17.2 Å². The van der Waals surface area contributed by atoms with Crippen molar-refractivity contribution in [1.29, 1.82) is 0 Å². The van der Waals surface area contributed by atoms with Crippen LogP contribution in [0, 0.1) is 0 Å². The van der Waals surface area contributed by atoms with Crippen molar-refractivity contribution in [3.63, 3.8) is 0 Å². The van der Waals surface area contributed by atoms with Gasteiger partial charge in [-0.25, -0.2) is 0 Å². The maximum atomic E-state index is 12.7. The normalized spacial score (nSPS) is 11.4. The molecular formula is C20H14ClF3O4. The molecule has 0 aliphatic carbocycles. The van der Waals surface area contributed by atoms with E-state index in [1.807, 2.05) is 0 Å². The van der Waals surface area contributed by atoms with E-state index in [1.165, 1.54) is 6.07 Å². The van der Waals surface area contributed by atoms with Crippen LogP contribution in [0.15, 0.2) is 54.6 Å². The van der Waals surface area contributed by atoms with Gasteiger partial charge in [0.2, 0.25) is 0 Å². The average Bonchev–Trinajstić information content (AvgIpc) is 2.62. The fourth-order valence-corrected chi connectivity index (χ4v) is 2.72. The minimum atomic E-state index is -4.48. The number of carboxylic acids is 1. The molecule has 146 valence electrons. The van der Waals surface area contributed by atoms with E-state index in [9.17, 15) is 18.0 Å². The molecule has 0 aliphatic rings. The summed E-state index contributed by atoms with van der Waals surface area (Å²) in [6.45, 7) is 0.0399. The molecule has 3 aromatic rings. The predicted octanol–water partition coefficient (Wildman–Crippen LogP) is 6.16. The lowest BCUT2D eigenvalue weighted by atomic mass is 10.1. The molecule has 0 aliphatic heterocycles. The summed E-state index contributed by atoms with van der Waals surface area (Å²) in [7, 11) is 0. The molecule has 0 saturated carbocycles. The molecule has 0 amide bonds. The van der Waals surface area contributed by atoms with E-state index in [0.29, 0.717) is 11.5 Å². The molecule has 0 unspecified atom stereocenters. The molecule has 4 nitrogen and oxygen atoms in total. The van der Waals surface area contributed by atoms with Crippen LogP contribution in [0.2, 0.25) is 5.02 Å². The van der Waals surface area contributed by atoms with Crippen LogP contribution >= 0.6 is 11.6 Å². The van der Waals surface area contributed by atoms with Crippen molar-refractivity contribution in [2.24, 2.45) is 0 Å². The van der Waals surface area contributed by atoms with Gasteiger partial charge in [-0.05, 0) is 53.2 Å². The third kappa shape index (κ3) is 4.86. The van der Waals surface area contributed by atoms with Gasteiger partial charge in [0.1, 0.15) is 17.2 Å². The Hall–Kier alpha value is -2.93. The van der Waals surface area contributed by atoms with E-state index in [-0.39, 0.29) is 23.8 Å². The molecule has 8 heteroatoms. The van der Waals surface area contributed by atoms with Gasteiger partial charge in [0.25, 0.3) is 0 Å². The van der Waals surface area contributed by atoms with Crippen LogP contribution in [0.3, 0.4) is 0 Å². The number of carbonyl (C=O) groups is 1. The summed E-state index contributed by atoms with van der Waals surface area (Å²) in [5.41, 5.74) is -0.855. The number of alkyl halides is 3.